The van der Waals surface area contributed by atoms with Gasteiger partial charge in [0.05, 0.1) is 0 Å². The SMILES string of the molecule is CCC(C)(C)C(=O)C(=O)N1CCC[C@H]1C(CCCc1ccccc1)C(=O)CCCc1ccccc1. The van der Waals surface area contributed by atoms with E-state index in [1.54, 1.807) is 4.90 Å². The van der Waals surface area contributed by atoms with Crippen molar-refractivity contribution in [1.82, 2.24) is 4.90 Å². The molecule has 0 bridgehead atoms. The van der Waals surface area contributed by atoms with Gasteiger partial charge in [0, 0.05) is 30.3 Å². The Hall–Kier alpha value is -2.75. The zero-order valence-corrected chi connectivity index (χ0v) is 21.7. The number of Topliss-reactive ketones (excluding diaryl/α,β-unsaturated/α-hetero) is 2. The smallest absolute Gasteiger partial charge is 0.290 e. The van der Waals surface area contributed by atoms with Crippen molar-refractivity contribution >= 4 is 17.5 Å². The van der Waals surface area contributed by atoms with Gasteiger partial charge in [-0.25, -0.2) is 0 Å². The van der Waals surface area contributed by atoms with E-state index in [1.807, 2.05) is 57.2 Å². The molecule has 1 fully saturated rings. The molecule has 1 unspecified atom stereocenters. The van der Waals surface area contributed by atoms with Gasteiger partial charge in [0.2, 0.25) is 5.78 Å². The number of nitrogens with zero attached hydrogens (tertiary/aromatic N) is 1. The Morgan fingerprint density at radius 3 is 2.06 bits per heavy atom. The molecule has 1 saturated heterocycles. The molecule has 4 heteroatoms. The molecule has 2 aromatic carbocycles. The van der Waals surface area contributed by atoms with E-state index in [2.05, 4.69) is 24.3 Å². The largest absolute Gasteiger partial charge is 0.332 e. The van der Waals surface area contributed by atoms with E-state index in [-0.39, 0.29) is 23.5 Å². The van der Waals surface area contributed by atoms with Gasteiger partial charge in [-0.15, -0.1) is 0 Å². The number of carbonyl (C=O) groups is 3. The summed E-state index contributed by atoms with van der Waals surface area (Å²) in [7, 11) is 0. The van der Waals surface area contributed by atoms with Gasteiger partial charge in [-0.1, -0.05) is 81.4 Å². The fourth-order valence-electron chi connectivity index (χ4n) is 5.08. The lowest BCUT2D eigenvalue weighted by Gasteiger charge is -2.33. The number of benzene rings is 2. The molecular formula is C31H41NO3. The molecule has 2 aromatic rings. The van der Waals surface area contributed by atoms with Crippen LogP contribution in [0.3, 0.4) is 0 Å². The Morgan fingerprint density at radius 2 is 1.49 bits per heavy atom. The molecule has 35 heavy (non-hydrogen) atoms. The van der Waals surface area contributed by atoms with Gasteiger partial charge in [-0.2, -0.15) is 0 Å². The van der Waals surface area contributed by atoms with Crippen LogP contribution in [0.4, 0.5) is 0 Å². The van der Waals surface area contributed by atoms with Crippen LogP contribution < -0.4 is 0 Å². The third-order valence-electron chi connectivity index (χ3n) is 7.69. The lowest BCUT2D eigenvalue weighted by molar-refractivity contribution is -0.151. The normalized spacial score (nSPS) is 16.8. The van der Waals surface area contributed by atoms with Gasteiger partial charge in [0.15, 0.2) is 0 Å². The van der Waals surface area contributed by atoms with E-state index in [0.717, 1.165) is 44.9 Å². The Kier molecular flexibility index (Phi) is 9.83. The van der Waals surface area contributed by atoms with E-state index in [9.17, 15) is 14.4 Å². The van der Waals surface area contributed by atoms with Crippen LogP contribution in [-0.4, -0.2) is 35.0 Å². The summed E-state index contributed by atoms with van der Waals surface area (Å²) >= 11 is 0. The molecule has 1 aliphatic heterocycles. The van der Waals surface area contributed by atoms with Gasteiger partial charge in [0.25, 0.3) is 5.91 Å². The number of carbonyl (C=O) groups excluding carboxylic acids is 3. The van der Waals surface area contributed by atoms with Gasteiger partial charge in [-0.3, -0.25) is 14.4 Å². The van der Waals surface area contributed by atoms with Crippen LogP contribution >= 0.6 is 0 Å². The van der Waals surface area contributed by atoms with Gasteiger partial charge in [-0.05, 0) is 62.5 Å². The number of hydrogen-bond acceptors (Lipinski definition) is 3. The number of ketones is 2. The molecular weight excluding hydrogens is 434 g/mol. The topological polar surface area (TPSA) is 54.5 Å². The zero-order chi connectivity index (χ0) is 25.3. The second-order valence-corrected chi connectivity index (χ2v) is 10.6. The van der Waals surface area contributed by atoms with Crippen molar-refractivity contribution in [3.63, 3.8) is 0 Å². The van der Waals surface area contributed by atoms with Crippen LogP contribution in [0.15, 0.2) is 60.7 Å². The molecule has 1 aliphatic rings. The first-order valence-corrected chi connectivity index (χ1v) is 13.3. The number of amides is 1. The van der Waals surface area contributed by atoms with Gasteiger partial charge in [0.1, 0.15) is 5.78 Å². The average Bonchev–Trinajstić information content (AvgIpc) is 3.36. The molecule has 0 saturated carbocycles. The van der Waals surface area contributed by atoms with Crippen molar-refractivity contribution in [1.29, 1.82) is 0 Å². The minimum atomic E-state index is -0.674. The summed E-state index contributed by atoms with van der Waals surface area (Å²) in [6.45, 7) is 6.19. The maximum atomic E-state index is 13.5. The predicted octanol–water partition coefficient (Wildman–Crippen LogP) is 6.21. The van der Waals surface area contributed by atoms with Crippen molar-refractivity contribution in [2.24, 2.45) is 11.3 Å². The molecule has 1 amide bonds. The molecule has 0 N–H and O–H groups in total. The number of likely N-dealkylation sites (tertiary alicyclic amines) is 1. The molecule has 0 aromatic heterocycles. The molecule has 0 radical (unpaired) electrons. The number of aryl methyl sites for hydroxylation is 2. The standard InChI is InChI=1S/C31H41NO3/c1-4-31(2,3)29(34)30(35)32-23-13-21-27(32)26(20-11-18-24-14-7-5-8-15-24)28(33)22-12-19-25-16-9-6-10-17-25/h5-10,14-17,26-27H,4,11-13,18-23H2,1-3H3/t26?,27-/m0/s1. The average molecular weight is 476 g/mol. The van der Waals surface area contributed by atoms with Crippen LogP contribution in [0, 0.1) is 11.3 Å². The summed E-state index contributed by atoms with van der Waals surface area (Å²) in [6.07, 6.45) is 7.02. The third kappa shape index (κ3) is 7.37. The highest BCUT2D eigenvalue weighted by atomic mass is 16.2. The molecule has 2 atom stereocenters. The van der Waals surface area contributed by atoms with Crippen molar-refractivity contribution in [3.05, 3.63) is 71.8 Å². The molecule has 0 aliphatic carbocycles. The summed E-state index contributed by atoms with van der Waals surface area (Å²) in [4.78, 5) is 41.5. The minimum Gasteiger partial charge on any atom is -0.332 e. The molecule has 1 heterocycles. The van der Waals surface area contributed by atoms with E-state index >= 15 is 0 Å². The maximum Gasteiger partial charge on any atom is 0.290 e. The first kappa shape index (κ1) is 26.8. The Labute approximate surface area is 211 Å². The summed E-state index contributed by atoms with van der Waals surface area (Å²) in [5.74, 6) is -0.699. The number of hydrogen-bond donors (Lipinski definition) is 0. The predicted molar refractivity (Wildman–Crippen MR) is 141 cm³/mol. The molecule has 0 spiro atoms. The molecule has 3 rings (SSSR count). The second kappa shape index (κ2) is 12.8. The first-order valence-electron chi connectivity index (χ1n) is 13.3. The number of rotatable bonds is 13. The third-order valence-corrected chi connectivity index (χ3v) is 7.69. The molecule has 4 nitrogen and oxygen atoms in total. The monoisotopic (exact) mass is 475 g/mol. The summed E-state index contributed by atoms with van der Waals surface area (Å²) in [6, 6.07) is 20.4. The lowest BCUT2D eigenvalue weighted by atomic mass is 9.83. The van der Waals surface area contributed by atoms with Crippen LogP contribution in [-0.2, 0) is 27.2 Å². The highest BCUT2D eigenvalue weighted by molar-refractivity contribution is 6.38. The highest BCUT2D eigenvalue weighted by Gasteiger charge is 2.42. The van der Waals surface area contributed by atoms with E-state index in [1.165, 1.54) is 11.1 Å². The van der Waals surface area contributed by atoms with Crippen LogP contribution in [0.2, 0.25) is 0 Å². The quantitative estimate of drug-likeness (QED) is 0.324. The van der Waals surface area contributed by atoms with Crippen molar-refractivity contribution in [2.45, 2.75) is 84.6 Å². The van der Waals surface area contributed by atoms with Crippen molar-refractivity contribution in [2.75, 3.05) is 6.54 Å². The summed E-state index contributed by atoms with van der Waals surface area (Å²) in [5, 5.41) is 0. The fourth-order valence-corrected chi connectivity index (χ4v) is 5.08. The maximum absolute atomic E-state index is 13.5. The Bertz CT molecular complexity index is 967. The summed E-state index contributed by atoms with van der Waals surface area (Å²) < 4.78 is 0. The van der Waals surface area contributed by atoms with Gasteiger partial charge >= 0.3 is 0 Å². The Balaban J connectivity index is 1.70. The Morgan fingerprint density at radius 1 is 0.914 bits per heavy atom. The van der Waals surface area contributed by atoms with E-state index in [4.69, 9.17) is 0 Å². The van der Waals surface area contributed by atoms with E-state index in [0.29, 0.717) is 19.4 Å². The first-order chi connectivity index (χ1) is 16.8. The van der Waals surface area contributed by atoms with Gasteiger partial charge < -0.3 is 4.90 Å². The highest BCUT2D eigenvalue weighted by Crippen LogP contribution is 2.32. The summed E-state index contributed by atoms with van der Waals surface area (Å²) in [5.41, 5.74) is 1.83. The van der Waals surface area contributed by atoms with Crippen molar-refractivity contribution < 1.29 is 14.4 Å². The van der Waals surface area contributed by atoms with Crippen molar-refractivity contribution in [3.8, 4) is 0 Å². The lowest BCUT2D eigenvalue weighted by Crippen LogP contribution is -2.48. The van der Waals surface area contributed by atoms with Crippen LogP contribution in [0.5, 0.6) is 0 Å². The van der Waals surface area contributed by atoms with E-state index < -0.39 is 11.3 Å². The second-order valence-electron chi connectivity index (χ2n) is 10.6. The van der Waals surface area contributed by atoms with Crippen LogP contribution in [0.1, 0.15) is 76.8 Å². The molecule has 188 valence electrons. The minimum absolute atomic E-state index is 0.167. The zero-order valence-electron chi connectivity index (χ0n) is 21.7. The fraction of sp³-hybridized carbons (Fsp3) is 0.516. The van der Waals surface area contributed by atoms with Crippen LogP contribution in [0.25, 0.3) is 0 Å².